The number of nitrogens with zero attached hydrogens (tertiary/aromatic N) is 1. The summed E-state index contributed by atoms with van der Waals surface area (Å²) >= 11 is 6.15. The van der Waals surface area contributed by atoms with E-state index in [1.54, 1.807) is 24.3 Å². The number of hydrogen-bond donors (Lipinski definition) is 0. The fourth-order valence-electron chi connectivity index (χ4n) is 3.49. The topological polar surface area (TPSA) is 37.4 Å². The molecule has 3 aromatic carbocycles. The molecule has 134 valence electrons. The molecule has 0 radical (unpaired) electrons. The van der Waals surface area contributed by atoms with Crippen molar-refractivity contribution in [2.45, 2.75) is 12.5 Å². The molecule has 0 N–H and O–H groups in total. The third-order valence-corrected chi connectivity index (χ3v) is 5.26. The highest BCUT2D eigenvalue weighted by molar-refractivity contribution is 6.23. The van der Waals surface area contributed by atoms with Gasteiger partial charge in [-0.25, -0.2) is 0 Å². The Morgan fingerprint density at radius 1 is 0.704 bits per heavy atom. The number of benzene rings is 3. The maximum Gasteiger partial charge on any atom is 0.261 e. The zero-order valence-electron chi connectivity index (χ0n) is 14.6. The van der Waals surface area contributed by atoms with Gasteiger partial charge in [0.25, 0.3) is 11.8 Å². The van der Waals surface area contributed by atoms with E-state index in [2.05, 4.69) is 24.3 Å². The van der Waals surface area contributed by atoms with E-state index in [9.17, 15) is 9.59 Å². The monoisotopic (exact) mass is 375 g/mol. The molecule has 4 rings (SSSR count). The molecule has 3 aromatic rings. The van der Waals surface area contributed by atoms with Crippen LogP contribution >= 0.6 is 11.6 Å². The van der Waals surface area contributed by atoms with Gasteiger partial charge in [-0.3, -0.25) is 14.5 Å². The summed E-state index contributed by atoms with van der Waals surface area (Å²) < 4.78 is 0. The number of rotatable bonds is 5. The molecule has 1 atom stereocenters. The second-order valence-electron chi connectivity index (χ2n) is 6.60. The molecule has 27 heavy (non-hydrogen) atoms. The molecule has 0 bridgehead atoms. The SMILES string of the molecule is O=C1c2ccccc2C(=O)N1[C@@H](CCl)Cc1ccc(-c2ccccc2)cc1. The van der Waals surface area contributed by atoms with Gasteiger partial charge >= 0.3 is 0 Å². The molecule has 0 unspecified atom stereocenters. The van der Waals surface area contributed by atoms with E-state index in [0.717, 1.165) is 16.7 Å². The van der Waals surface area contributed by atoms with Gasteiger partial charge in [-0.1, -0.05) is 66.7 Å². The lowest BCUT2D eigenvalue weighted by Crippen LogP contribution is -2.42. The van der Waals surface area contributed by atoms with Crippen LogP contribution < -0.4 is 0 Å². The summed E-state index contributed by atoms with van der Waals surface area (Å²) in [5.74, 6) is -0.323. The Kier molecular flexibility index (Phi) is 4.78. The first kappa shape index (κ1) is 17.5. The first-order valence-electron chi connectivity index (χ1n) is 8.86. The standard InChI is InChI=1S/C23H18ClNO2/c24-15-19(25-22(26)20-8-4-5-9-21(20)23(25)27)14-16-10-12-18(13-11-16)17-6-2-1-3-7-17/h1-13,19H,14-15H2/t19-/m1/s1. The number of fused-ring (bicyclic) bond motifs is 1. The van der Waals surface area contributed by atoms with Gasteiger partial charge in [0, 0.05) is 5.88 Å². The second-order valence-corrected chi connectivity index (χ2v) is 6.91. The van der Waals surface area contributed by atoms with Gasteiger partial charge < -0.3 is 0 Å². The maximum absolute atomic E-state index is 12.7. The number of carbonyl (C=O) groups is 2. The predicted octanol–water partition coefficient (Wildman–Crippen LogP) is 4.80. The zero-order chi connectivity index (χ0) is 18.8. The van der Waals surface area contributed by atoms with Gasteiger partial charge in [-0.05, 0) is 35.2 Å². The van der Waals surface area contributed by atoms with Crippen molar-refractivity contribution in [1.29, 1.82) is 0 Å². The summed E-state index contributed by atoms with van der Waals surface area (Å²) in [7, 11) is 0. The van der Waals surface area contributed by atoms with Crippen LogP contribution in [0.4, 0.5) is 0 Å². The van der Waals surface area contributed by atoms with E-state index in [-0.39, 0.29) is 23.7 Å². The lowest BCUT2D eigenvalue weighted by molar-refractivity contribution is 0.0599. The lowest BCUT2D eigenvalue weighted by atomic mass is 10.0. The summed E-state index contributed by atoms with van der Waals surface area (Å²) in [5, 5.41) is 0. The predicted molar refractivity (Wildman–Crippen MR) is 107 cm³/mol. The smallest absolute Gasteiger partial charge is 0.261 e. The van der Waals surface area contributed by atoms with Crippen LogP contribution in [-0.2, 0) is 6.42 Å². The molecule has 1 aliphatic rings. The largest absolute Gasteiger partial charge is 0.270 e. The summed E-state index contributed by atoms with van der Waals surface area (Å²) in [6, 6.07) is 24.8. The Bertz CT molecular complexity index is 948. The Morgan fingerprint density at radius 3 is 1.78 bits per heavy atom. The number of hydrogen-bond acceptors (Lipinski definition) is 2. The van der Waals surface area contributed by atoms with E-state index < -0.39 is 0 Å². The van der Waals surface area contributed by atoms with E-state index >= 15 is 0 Å². The van der Waals surface area contributed by atoms with Gasteiger partial charge in [-0.2, -0.15) is 0 Å². The highest BCUT2D eigenvalue weighted by atomic mass is 35.5. The second kappa shape index (κ2) is 7.37. The fourth-order valence-corrected chi connectivity index (χ4v) is 3.74. The molecule has 2 amide bonds. The third kappa shape index (κ3) is 3.26. The van der Waals surface area contributed by atoms with Crippen LogP contribution in [0.5, 0.6) is 0 Å². The van der Waals surface area contributed by atoms with Crippen LogP contribution in [0.3, 0.4) is 0 Å². The van der Waals surface area contributed by atoms with Gasteiger partial charge in [0.2, 0.25) is 0 Å². The molecule has 1 aliphatic heterocycles. The number of alkyl halides is 1. The van der Waals surface area contributed by atoms with E-state index in [0.29, 0.717) is 17.5 Å². The lowest BCUT2D eigenvalue weighted by Gasteiger charge is -2.24. The summed E-state index contributed by atoms with van der Waals surface area (Å²) in [6.45, 7) is 0. The minimum atomic E-state index is -0.373. The van der Waals surface area contributed by atoms with E-state index in [1.165, 1.54) is 4.90 Å². The van der Waals surface area contributed by atoms with Crippen LogP contribution in [0, 0.1) is 0 Å². The van der Waals surface area contributed by atoms with Crippen molar-refractivity contribution < 1.29 is 9.59 Å². The number of amides is 2. The van der Waals surface area contributed by atoms with Crippen molar-refractivity contribution >= 4 is 23.4 Å². The summed E-state index contributed by atoms with van der Waals surface area (Å²) in [6.07, 6.45) is 0.532. The first-order valence-corrected chi connectivity index (χ1v) is 9.39. The summed E-state index contributed by atoms with van der Waals surface area (Å²) in [5.41, 5.74) is 4.23. The Hall–Kier alpha value is -2.91. The normalized spacial score (nSPS) is 14.3. The molecular formula is C23H18ClNO2. The van der Waals surface area contributed by atoms with Gasteiger partial charge in [0.05, 0.1) is 17.2 Å². The van der Waals surface area contributed by atoms with Crippen molar-refractivity contribution in [3.8, 4) is 11.1 Å². The van der Waals surface area contributed by atoms with Crippen LogP contribution in [0.25, 0.3) is 11.1 Å². The zero-order valence-corrected chi connectivity index (χ0v) is 15.4. The van der Waals surface area contributed by atoms with Crippen LogP contribution in [0.2, 0.25) is 0 Å². The number of imide groups is 1. The van der Waals surface area contributed by atoms with Gasteiger partial charge in [0.15, 0.2) is 0 Å². The van der Waals surface area contributed by atoms with E-state index in [1.807, 2.05) is 30.3 Å². The van der Waals surface area contributed by atoms with Crippen molar-refractivity contribution in [1.82, 2.24) is 4.90 Å². The third-order valence-electron chi connectivity index (χ3n) is 4.90. The van der Waals surface area contributed by atoms with Crippen LogP contribution in [0.1, 0.15) is 26.3 Å². The number of carbonyl (C=O) groups excluding carboxylic acids is 2. The van der Waals surface area contributed by atoms with Gasteiger partial charge in [-0.15, -0.1) is 11.6 Å². The molecule has 0 spiro atoms. The highest BCUT2D eigenvalue weighted by Crippen LogP contribution is 2.27. The quantitative estimate of drug-likeness (QED) is 0.474. The molecule has 0 fully saturated rings. The maximum atomic E-state index is 12.7. The fraction of sp³-hybridized carbons (Fsp3) is 0.130. The molecule has 0 saturated heterocycles. The molecular weight excluding hydrogens is 358 g/mol. The number of halogens is 1. The van der Waals surface area contributed by atoms with Crippen molar-refractivity contribution in [2.75, 3.05) is 5.88 Å². The van der Waals surface area contributed by atoms with E-state index in [4.69, 9.17) is 11.6 Å². The average molecular weight is 376 g/mol. The molecule has 4 heteroatoms. The van der Waals surface area contributed by atoms with Crippen molar-refractivity contribution in [3.05, 3.63) is 95.6 Å². The Morgan fingerprint density at radius 2 is 1.22 bits per heavy atom. The minimum absolute atomic E-state index is 0.200. The van der Waals surface area contributed by atoms with Crippen molar-refractivity contribution in [3.63, 3.8) is 0 Å². The molecule has 3 nitrogen and oxygen atoms in total. The van der Waals surface area contributed by atoms with Crippen molar-refractivity contribution in [2.24, 2.45) is 0 Å². The average Bonchev–Trinajstić information content (AvgIpc) is 2.98. The molecule has 0 aliphatic carbocycles. The van der Waals surface area contributed by atoms with Crippen LogP contribution in [0.15, 0.2) is 78.9 Å². The Balaban J connectivity index is 1.55. The molecule has 0 saturated carbocycles. The van der Waals surface area contributed by atoms with Crippen LogP contribution in [-0.4, -0.2) is 28.6 Å². The molecule has 0 aromatic heterocycles. The Labute approximate surface area is 163 Å². The first-order chi connectivity index (χ1) is 13.2. The molecule has 1 heterocycles. The summed E-state index contributed by atoms with van der Waals surface area (Å²) in [4.78, 5) is 26.7. The van der Waals surface area contributed by atoms with Gasteiger partial charge in [0.1, 0.15) is 0 Å². The highest BCUT2D eigenvalue weighted by Gasteiger charge is 2.39. The minimum Gasteiger partial charge on any atom is -0.270 e.